The standard InChI is InChI=1S/C29H28F2N4O2S/c1-18(36)34-10-8-33(9-11-34)16-19-2-3-21-13-23(6-4-20(21)12-19)35-17-32-26-15-27(38-28(26)29(35)37)22-5-7-24(30)25(31)14-22/h2-3,5,7,12,14-15,17,23H,4,6,8-11,13,16H2,1H3. The zero-order valence-corrected chi connectivity index (χ0v) is 21.9. The van der Waals surface area contributed by atoms with Crippen LogP contribution in [0.4, 0.5) is 8.78 Å². The topological polar surface area (TPSA) is 58.4 Å². The van der Waals surface area contributed by atoms with Crippen molar-refractivity contribution in [1.82, 2.24) is 19.4 Å². The first-order valence-corrected chi connectivity index (χ1v) is 13.7. The predicted molar refractivity (Wildman–Crippen MR) is 144 cm³/mol. The van der Waals surface area contributed by atoms with Crippen molar-refractivity contribution in [2.24, 2.45) is 0 Å². The van der Waals surface area contributed by atoms with Crippen molar-refractivity contribution < 1.29 is 13.6 Å². The quantitative estimate of drug-likeness (QED) is 0.378. The molecule has 1 amide bonds. The molecule has 38 heavy (non-hydrogen) atoms. The van der Waals surface area contributed by atoms with E-state index in [-0.39, 0.29) is 17.5 Å². The zero-order chi connectivity index (χ0) is 26.4. The molecule has 1 unspecified atom stereocenters. The summed E-state index contributed by atoms with van der Waals surface area (Å²) in [6, 6.07) is 12.2. The molecular formula is C29H28F2N4O2S. The summed E-state index contributed by atoms with van der Waals surface area (Å²) >= 11 is 1.26. The average molecular weight is 535 g/mol. The fourth-order valence-electron chi connectivity index (χ4n) is 5.58. The summed E-state index contributed by atoms with van der Waals surface area (Å²) in [5.41, 5.74) is 4.87. The van der Waals surface area contributed by atoms with Gasteiger partial charge in [-0.2, -0.15) is 0 Å². The van der Waals surface area contributed by atoms with Gasteiger partial charge < -0.3 is 4.90 Å². The van der Waals surface area contributed by atoms with Crippen molar-refractivity contribution in [3.8, 4) is 10.4 Å². The molecule has 1 aliphatic heterocycles. The molecule has 0 saturated carbocycles. The van der Waals surface area contributed by atoms with E-state index in [0.717, 1.165) is 64.1 Å². The number of hydrogen-bond donors (Lipinski definition) is 0. The molecule has 3 heterocycles. The van der Waals surface area contributed by atoms with Crippen LogP contribution >= 0.6 is 11.3 Å². The van der Waals surface area contributed by atoms with Crippen LogP contribution in [-0.4, -0.2) is 51.4 Å². The number of carbonyl (C=O) groups excluding carboxylic acids is 1. The maximum absolute atomic E-state index is 13.7. The summed E-state index contributed by atoms with van der Waals surface area (Å²) in [7, 11) is 0. The summed E-state index contributed by atoms with van der Waals surface area (Å²) in [4.78, 5) is 34.5. The molecule has 6 nitrogen and oxygen atoms in total. The Bertz CT molecular complexity index is 1590. The average Bonchev–Trinajstić information content (AvgIpc) is 3.36. The van der Waals surface area contributed by atoms with Gasteiger partial charge in [0.05, 0.1) is 11.8 Å². The van der Waals surface area contributed by atoms with E-state index >= 15 is 0 Å². The lowest BCUT2D eigenvalue weighted by Gasteiger charge is -2.34. The molecule has 1 saturated heterocycles. The van der Waals surface area contributed by atoms with E-state index in [1.54, 1.807) is 23.9 Å². The lowest BCUT2D eigenvalue weighted by molar-refractivity contribution is -0.130. The molecule has 196 valence electrons. The van der Waals surface area contributed by atoms with Crippen LogP contribution in [0.1, 0.15) is 36.1 Å². The Kier molecular flexibility index (Phi) is 6.57. The van der Waals surface area contributed by atoms with Gasteiger partial charge in [-0.05, 0) is 59.7 Å². The number of thiophene rings is 1. The number of amides is 1. The van der Waals surface area contributed by atoms with Crippen LogP contribution < -0.4 is 5.56 Å². The minimum Gasteiger partial charge on any atom is -0.340 e. The molecule has 9 heteroatoms. The number of hydrogen-bond acceptors (Lipinski definition) is 5. The second-order valence-corrected chi connectivity index (χ2v) is 11.2. The van der Waals surface area contributed by atoms with Gasteiger partial charge in [0, 0.05) is 50.6 Å². The minimum atomic E-state index is -0.912. The van der Waals surface area contributed by atoms with E-state index in [9.17, 15) is 18.4 Å². The van der Waals surface area contributed by atoms with Crippen LogP contribution in [0.2, 0.25) is 0 Å². The number of aryl methyl sites for hydroxylation is 1. The van der Waals surface area contributed by atoms with Crippen LogP contribution in [0, 0.1) is 11.6 Å². The van der Waals surface area contributed by atoms with Crippen molar-refractivity contribution in [3.63, 3.8) is 0 Å². The first-order valence-electron chi connectivity index (χ1n) is 12.9. The van der Waals surface area contributed by atoms with E-state index < -0.39 is 11.6 Å². The van der Waals surface area contributed by atoms with Gasteiger partial charge in [0.1, 0.15) is 4.70 Å². The highest BCUT2D eigenvalue weighted by Gasteiger charge is 2.24. The van der Waals surface area contributed by atoms with Gasteiger partial charge in [-0.15, -0.1) is 11.3 Å². The number of nitrogens with zero attached hydrogens (tertiary/aromatic N) is 4. The molecule has 1 aliphatic carbocycles. The largest absolute Gasteiger partial charge is 0.340 e. The van der Waals surface area contributed by atoms with Crippen LogP contribution in [0.25, 0.3) is 20.7 Å². The van der Waals surface area contributed by atoms with Gasteiger partial charge in [-0.1, -0.05) is 24.3 Å². The van der Waals surface area contributed by atoms with Gasteiger partial charge in [-0.25, -0.2) is 13.8 Å². The van der Waals surface area contributed by atoms with Crippen molar-refractivity contribution in [1.29, 1.82) is 0 Å². The van der Waals surface area contributed by atoms with Crippen molar-refractivity contribution in [2.75, 3.05) is 26.2 Å². The van der Waals surface area contributed by atoms with Gasteiger partial charge in [0.15, 0.2) is 11.6 Å². The van der Waals surface area contributed by atoms with Crippen LogP contribution in [-0.2, 0) is 24.2 Å². The number of benzene rings is 2. The third-order valence-electron chi connectivity index (χ3n) is 7.76. The lowest BCUT2D eigenvalue weighted by Crippen LogP contribution is -2.47. The Morgan fingerprint density at radius 1 is 1.03 bits per heavy atom. The molecule has 6 rings (SSSR count). The van der Waals surface area contributed by atoms with Gasteiger partial charge in [0.2, 0.25) is 5.91 Å². The third kappa shape index (κ3) is 4.76. The van der Waals surface area contributed by atoms with Crippen LogP contribution in [0.15, 0.2) is 53.6 Å². The summed E-state index contributed by atoms with van der Waals surface area (Å²) in [5, 5.41) is 0. The molecular weight excluding hydrogens is 506 g/mol. The number of halogens is 2. The maximum Gasteiger partial charge on any atom is 0.271 e. The number of aromatic nitrogens is 2. The highest BCUT2D eigenvalue weighted by atomic mass is 32.1. The van der Waals surface area contributed by atoms with E-state index in [2.05, 4.69) is 28.1 Å². The van der Waals surface area contributed by atoms with E-state index in [0.29, 0.717) is 20.7 Å². The van der Waals surface area contributed by atoms with Gasteiger partial charge in [-0.3, -0.25) is 19.1 Å². The predicted octanol–water partition coefficient (Wildman–Crippen LogP) is 4.80. The molecule has 1 atom stereocenters. The first-order chi connectivity index (χ1) is 18.4. The highest BCUT2D eigenvalue weighted by molar-refractivity contribution is 7.22. The lowest BCUT2D eigenvalue weighted by atomic mass is 9.87. The van der Waals surface area contributed by atoms with Crippen molar-refractivity contribution >= 4 is 27.5 Å². The number of piperazine rings is 1. The van der Waals surface area contributed by atoms with E-state index in [4.69, 9.17) is 0 Å². The molecule has 2 aliphatic rings. The fourth-order valence-corrected chi connectivity index (χ4v) is 6.62. The molecule has 2 aromatic carbocycles. The number of fused-ring (bicyclic) bond motifs is 2. The Balaban J connectivity index is 1.18. The Morgan fingerprint density at radius 2 is 1.84 bits per heavy atom. The third-order valence-corrected chi connectivity index (χ3v) is 8.92. The summed E-state index contributed by atoms with van der Waals surface area (Å²) < 4.78 is 29.4. The minimum absolute atomic E-state index is 0.0197. The molecule has 2 aromatic heterocycles. The number of carbonyl (C=O) groups is 1. The first kappa shape index (κ1) is 24.9. The van der Waals surface area contributed by atoms with Gasteiger partial charge in [0.25, 0.3) is 5.56 Å². The Hall–Kier alpha value is -3.43. The Labute approximate surface area is 223 Å². The molecule has 0 bridgehead atoms. The molecule has 4 aromatic rings. The van der Waals surface area contributed by atoms with Crippen LogP contribution in [0.3, 0.4) is 0 Å². The fraction of sp³-hybridized carbons (Fsp3) is 0.345. The van der Waals surface area contributed by atoms with Crippen molar-refractivity contribution in [2.45, 2.75) is 38.8 Å². The van der Waals surface area contributed by atoms with Gasteiger partial charge >= 0.3 is 0 Å². The van der Waals surface area contributed by atoms with Crippen molar-refractivity contribution in [3.05, 3.63) is 87.5 Å². The molecule has 0 spiro atoms. The molecule has 0 radical (unpaired) electrons. The second kappa shape index (κ2) is 10.0. The number of rotatable bonds is 4. The summed E-state index contributed by atoms with van der Waals surface area (Å²) in [5.74, 6) is -1.67. The SMILES string of the molecule is CC(=O)N1CCN(Cc2ccc3c(c2)CCC(n2cnc4cc(-c5ccc(F)c(F)c5)sc4c2=O)C3)CC1. The highest BCUT2D eigenvalue weighted by Crippen LogP contribution is 2.33. The Morgan fingerprint density at radius 3 is 2.61 bits per heavy atom. The second-order valence-electron chi connectivity index (χ2n) is 10.2. The zero-order valence-electron chi connectivity index (χ0n) is 21.1. The monoisotopic (exact) mass is 534 g/mol. The molecule has 1 fully saturated rings. The smallest absolute Gasteiger partial charge is 0.271 e. The van der Waals surface area contributed by atoms with E-state index in [1.165, 1.54) is 34.1 Å². The summed E-state index contributed by atoms with van der Waals surface area (Å²) in [6.07, 6.45) is 4.13. The van der Waals surface area contributed by atoms with E-state index in [1.807, 2.05) is 4.90 Å². The normalized spacial score (nSPS) is 18.1. The maximum atomic E-state index is 13.7. The van der Waals surface area contributed by atoms with Crippen LogP contribution in [0.5, 0.6) is 0 Å². The summed E-state index contributed by atoms with van der Waals surface area (Å²) in [6.45, 7) is 5.84. The molecule has 0 N–H and O–H groups in total.